The Morgan fingerprint density at radius 1 is 1.17 bits per heavy atom. The highest BCUT2D eigenvalue weighted by Crippen LogP contribution is 2.28. The van der Waals surface area contributed by atoms with E-state index in [9.17, 15) is 24.3 Å². The molecule has 1 aliphatic rings. The standard InChI is InChI=1S/C30H36N2O9/c1-17(2)28(35)41-26-19(4)40-30(37)22(16-39-29(36)21(26)15-20-9-7-6-8-10-20)18(3)11-13-32-27(34)24-25(33)23(38-5)12-14-31-24/h6-12,14,17,19,21-22,26,33H,13,15-16H2,1-5H3,(H,32,34)/b18-11+. The van der Waals surface area contributed by atoms with Crippen LogP contribution in [0.5, 0.6) is 11.5 Å². The number of hydrogen-bond donors (Lipinski definition) is 2. The Morgan fingerprint density at radius 2 is 1.88 bits per heavy atom. The molecule has 4 unspecified atom stereocenters. The number of esters is 3. The van der Waals surface area contributed by atoms with Gasteiger partial charge in [-0.15, -0.1) is 0 Å². The molecule has 4 atom stereocenters. The number of amides is 1. The number of benzene rings is 1. The van der Waals surface area contributed by atoms with Crippen molar-refractivity contribution in [2.45, 2.75) is 46.3 Å². The quantitative estimate of drug-likeness (QED) is 0.262. The van der Waals surface area contributed by atoms with Gasteiger partial charge in [0.2, 0.25) is 0 Å². The van der Waals surface area contributed by atoms with Gasteiger partial charge in [-0.2, -0.15) is 0 Å². The minimum Gasteiger partial charge on any atom is -0.503 e. The highest BCUT2D eigenvalue weighted by atomic mass is 16.6. The number of nitrogens with zero attached hydrogens (tertiary/aromatic N) is 1. The van der Waals surface area contributed by atoms with Crippen LogP contribution < -0.4 is 10.1 Å². The first-order valence-corrected chi connectivity index (χ1v) is 13.3. The number of hydrogen-bond acceptors (Lipinski definition) is 10. The second-order valence-electron chi connectivity index (χ2n) is 10.0. The van der Waals surface area contributed by atoms with Gasteiger partial charge in [-0.05, 0) is 25.8 Å². The van der Waals surface area contributed by atoms with Gasteiger partial charge in [0, 0.05) is 18.8 Å². The zero-order valence-corrected chi connectivity index (χ0v) is 23.8. The molecule has 41 heavy (non-hydrogen) atoms. The summed E-state index contributed by atoms with van der Waals surface area (Å²) in [5.41, 5.74) is 1.10. The first-order valence-electron chi connectivity index (χ1n) is 13.3. The fourth-order valence-electron chi connectivity index (χ4n) is 4.27. The van der Waals surface area contributed by atoms with Gasteiger partial charge in [0.05, 0.1) is 13.0 Å². The van der Waals surface area contributed by atoms with E-state index in [2.05, 4.69) is 10.3 Å². The van der Waals surface area contributed by atoms with Crippen LogP contribution in [0.25, 0.3) is 0 Å². The maximum Gasteiger partial charge on any atom is 0.316 e. The summed E-state index contributed by atoms with van der Waals surface area (Å²) in [7, 11) is 1.35. The zero-order valence-electron chi connectivity index (χ0n) is 23.8. The molecule has 0 bridgehead atoms. The molecule has 11 nitrogen and oxygen atoms in total. The monoisotopic (exact) mass is 568 g/mol. The summed E-state index contributed by atoms with van der Waals surface area (Å²) >= 11 is 0. The number of aromatic hydroxyl groups is 1. The van der Waals surface area contributed by atoms with Crippen LogP contribution >= 0.6 is 0 Å². The summed E-state index contributed by atoms with van der Waals surface area (Å²) in [5.74, 6) is -5.08. The average Bonchev–Trinajstić information content (AvgIpc) is 2.98. The second kappa shape index (κ2) is 14.3. The Balaban J connectivity index is 1.78. The molecule has 1 amide bonds. The maximum absolute atomic E-state index is 13.4. The molecule has 1 aromatic carbocycles. The molecular weight excluding hydrogens is 532 g/mol. The molecule has 0 spiro atoms. The molecule has 1 aromatic heterocycles. The van der Waals surface area contributed by atoms with Gasteiger partial charge in [0.25, 0.3) is 5.91 Å². The number of ether oxygens (including phenoxy) is 4. The molecule has 2 heterocycles. The molecule has 2 aromatic rings. The molecular formula is C30H36N2O9. The summed E-state index contributed by atoms with van der Waals surface area (Å²) in [5, 5.41) is 12.8. The average molecular weight is 569 g/mol. The van der Waals surface area contributed by atoms with E-state index in [0.717, 1.165) is 5.56 Å². The maximum atomic E-state index is 13.4. The molecule has 1 saturated heterocycles. The van der Waals surface area contributed by atoms with Crippen molar-refractivity contribution in [1.82, 2.24) is 10.3 Å². The second-order valence-corrected chi connectivity index (χ2v) is 10.0. The number of aromatic nitrogens is 1. The summed E-state index contributed by atoms with van der Waals surface area (Å²) < 4.78 is 22.0. The highest BCUT2D eigenvalue weighted by molar-refractivity contribution is 5.95. The minimum atomic E-state index is -1.06. The van der Waals surface area contributed by atoms with Crippen molar-refractivity contribution >= 4 is 23.8 Å². The lowest BCUT2D eigenvalue weighted by Crippen LogP contribution is -2.43. The number of carbonyl (C=O) groups excluding carboxylic acids is 4. The molecule has 220 valence electrons. The predicted octanol–water partition coefficient (Wildman–Crippen LogP) is 3.00. The fourth-order valence-corrected chi connectivity index (χ4v) is 4.27. The Bertz CT molecular complexity index is 1280. The first kappa shape index (κ1) is 31.1. The number of carbonyl (C=O) groups is 4. The zero-order chi connectivity index (χ0) is 30.1. The third kappa shape index (κ3) is 8.06. The van der Waals surface area contributed by atoms with Gasteiger partial charge < -0.3 is 29.4 Å². The van der Waals surface area contributed by atoms with E-state index < -0.39 is 59.5 Å². The Labute approximate surface area is 238 Å². The van der Waals surface area contributed by atoms with Crippen molar-refractivity contribution in [2.24, 2.45) is 17.8 Å². The van der Waals surface area contributed by atoms with Crippen LogP contribution in [-0.2, 0) is 35.0 Å². The van der Waals surface area contributed by atoms with Crippen LogP contribution in [0.1, 0.15) is 43.7 Å². The predicted molar refractivity (Wildman–Crippen MR) is 147 cm³/mol. The molecule has 1 fully saturated rings. The molecule has 0 aliphatic carbocycles. The molecule has 0 radical (unpaired) electrons. The van der Waals surface area contributed by atoms with Crippen LogP contribution in [0.2, 0.25) is 0 Å². The van der Waals surface area contributed by atoms with Gasteiger partial charge in [0.15, 0.2) is 23.3 Å². The van der Waals surface area contributed by atoms with Crippen molar-refractivity contribution in [2.75, 3.05) is 20.3 Å². The van der Waals surface area contributed by atoms with Crippen LogP contribution in [0.4, 0.5) is 0 Å². The van der Waals surface area contributed by atoms with Crippen molar-refractivity contribution in [3.05, 3.63) is 65.5 Å². The Morgan fingerprint density at radius 3 is 2.54 bits per heavy atom. The molecule has 11 heteroatoms. The van der Waals surface area contributed by atoms with Gasteiger partial charge >= 0.3 is 17.9 Å². The van der Waals surface area contributed by atoms with Gasteiger partial charge in [-0.1, -0.05) is 55.8 Å². The Hall–Kier alpha value is -4.41. The number of methoxy groups -OCH3 is 1. The lowest BCUT2D eigenvalue weighted by molar-refractivity contribution is -0.176. The van der Waals surface area contributed by atoms with E-state index >= 15 is 0 Å². The van der Waals surface area contributed by atoms with Crippen molar-refractivity contribution < 1.29 is 43.2 Å². The number of pyridine rings is 1. The third-order valence-electron chi connectivity index (χ3n) is 6.72. The van der Waals surface area contributed by atoms with Crippen molar-refractivity contribution in [3.63, 3.8) is 0 Å². The van der Waals surface area contributed by atoms with E-state index in [1.165, 1.54) is 19.4 Å². The third-order valence-corrected chi connectivity index (χ3v) is 6.72. The van der Waals surface area contributed by atoms with Crippen LogP contribution in [0, 0.1) is 17.8 Å². The van der Waals surface area contributed by atoms with Crippen molar-refractivity contribution in [3.8, 4) is 11.5 Å². The molecule has 0 saturated carbocycles. The lowest BCUT2D eigenvalue weighted by Gasteiger charge is -2.29. The Kier molecular flexibility index (Phi) is 10.8. The van der Waals surface area contributed by atoms with E-state index in [1.54, 1.807) is 33.8 Å². The van der Waals surface area contributed by atoms with E-state index in [1.807, 2.05) is 30.3 Å². The van der Waals surface area contributed by atoms with Crippen molar-refractivity contribution in [1.29, 1.82) is 0 Å². The summed E-state index contributed by atoms with van der Waals surface area (Å²) in [6.45, 7) is 6.27. The summed E-state index contributed by atoms with van der Waals surface area (Å²) in [4.78, 5) is 55.5. The van der Waals surface area contributed by atoms with Gasteiger partial charge in [0.1, 0.15) is 24.5 Å². The first-order chi connectivity index (χ1) is 19.5. The largest absolute Gasteiger partial charge is 0.503 e. The molecule has 1 aliphatic heterocycles. The number of cyclic esters (lactones) is 2. The molecule has 3 rings (SSSR count). The van der Waals surface area contributed by atoms with Gasteiger partial charge in [-0.3, -0.25) is 19.2 Å². The summed E-state index contributed by atoms with van der Waals surface area (Å²) in [6, 6.07) is 10.6. The fraction of sp³-hybridized carbons (Fsp3) is 0.433. The lowest BCUT2D eigenvalue weighted by atomic mass is 9.91. The van der Waals surface area contributed by atoms with Crippen LogP contribution in [0.15, 0.2) is 54.2 Å². The topological polar surface area (TPSA) is 150 Å². The SMILES string of the molecule is COc1ccnc(C(=O)NC/C=C(\C)C2COC(=O)C(Cc3ccccc3)C(OC(=O)C(C)C)C(C)OC2=O)c1O. The van der Waals surface area contributed by atoms with Gasteiger partial charge in [-0.25, -0.2) is 4.98 Å². The van der Waals surface area contributed by atoms with Crippen LogP contribution in [-0.4, -0.2) is 66.4 Å². The molecule has 2 N–H and O–H groups in total. The van der Waals surface area contributed by atoms with E-state index in [-0.39, 0.29) is 31.0 Å². The van der Waals surface area contributed by atoms with E-state index in [4.69, 9.17) is 18.9 Å². The van der Waals surface area contributed by atoms with E-state index in [0.29, 0.717) is 5.57 Å². The number of rotatable bonds is 9. The van der Waals surface area contributed by atoms with Crippen LogP contribution in [0.3, 0.4) is 0 Å². The number of nitrogens with one attached hydrogen (secondary N) is 1. The minimum absolute atomic E-state index is 0.0124. The summed E-state index contributed by atoms with van der Waals surface area (Å²) in [6.07, 6.45) is 1.12. The highest BCUT2D eigenvalue weighted by Gasteiger charge is 2.42. The smallest absolute Gasteiger partial charge is 0.316 e. The normalized spacial score (nSPS) is 21.6.